The van der Waals surface area contributed by atoms with E-state index in [1.54, 1.807) is 0 Å². The number of rotatable bonds is 4. The Kier molecular flexibility index (Phi) is 5.39. The van der Waals surface area contributed by atoms with Crippen molar-refractivity contribution in [3.05, 3.63) is 71.8 Å². The Balaban J connectivity index is 1.86. The van der Waals surface area contributed by atoms with Gasteiger partial charge in [-0.15, -0.1) is 0 Å². The van der Waals surface area contributed by atoms with Gasteiger partial charge in [0.05, 0.1) is 6.67 Å². The van der Waals surface area contributed by atoms with Crippen LogP contribution in [-0.4, -0.2) is 48.3 Å². The summed E-state index contributed by atoms with van der Waals surface area (Å²) in [6, 6.07) is 19.8. The molecule has 1 aliphatic heterocycles. The second kappa shape index (κ2) is 7.88. The molecule has 0 bridgehead atoms. The molecule has 4 nitrogen and oxygen atoms in total. The molecule has 1 N–H and O–H groups in total. The minimum Gasteiger partial charge on any atom is -0.346 e. The van der Waals surface area contributed by atoms with E-state index in [0.717, 1.165) is 36.7 Å². The molecule has 0 amide bonds. The van der Waals surface area contributed by atoms with Crippen LogP contribution in [0.3, 0.4) is 0 Å². The lowest BCUT2D eigenvalue weighted by Gasteiger charge is -2.27. The zero-order valence-corrected chi connectivity index (χ0v) is 14.2. The van der Waals surface area contributed by atoms with Crippen LogP contribution in [0.4, 0.5) is 0 Å². The molecule has 0 unspecified atom stereocenters. The van der Waals surface area contributed by atoms with E-state index in [2.05, 4.69) is 34.0 Å². The van der Waals surface area contributed by atoms with Gasteiger partial charge in [-0.25, -0.2) is 4.99 Å². The van der Waals surface area contributed by atoms with Gasteiger partial charge in [0.25, 0.3) is 0 Å². The number of hydrogen-bond acceptors (Lipinski definition) is 2. The number of aliphatic imine (C=N–C) groups is 1. The van der Waals surface area contributed by atoms with Crippen LogP contribution in [0.1, 0.15) is 24.0 Å². The minimum absolute atomic E-state index is 0.294. The molecule has 0 atom stereocenters. The maximum absolute atomic E-state index is 8.36. The molecule has 0 saturated carbocycles. The Morgan fingerprint density at radius 1 is 0.958 bits per heavy atom. The van der Waals surface area contributed by atoms with Gasteiger partial charge in [0.2, 0.25) is 0 Å². The fourth-order valence-corrected chi connectivity index (χ4v) is 3.02. The Hall–Kier alpha value is -2.46. The SMILES string of the molecule is CN(CN1CCCC1)/C(=N\C(=N)c1ccccc1)c1ccccc1. The van der Waals surface area contributed by atoms with Crippen LogP contribution >= 0.6 is 0 Å². The predicted octanol–water partition coefficient (Wildman–Crippen LogP) is 3.44. The summed E-state index contributed by atoms with van der Waals surface area (Å²) in [6.45, 7) is 3.13. The van der Waals surface area contributed by atoms with Crippen LogP contribution in [-0.2, 0) is 0 Å². The molecule has 124 valence electrons. The maximum atomic E-state index is 8.36. The van der Waals surface area contributed by atoms with Crippen LogP contribution in [0.25, 0.3) is 0 Å². The zero-order valence-electron chi connectivity index (χ0n) is 14.2. The Bertz CT molecular complexity index is 688. The number of nitrogens with one attached hydrogen (secondary N) is 1. The van der Waals surface area contributed by atoms with Crippen LogP contribution < -0.4 is 0 Å². The third-order valence-corrected chi connectivity index (χ3v) is 4.27. The van der Waals surface area contributed by atoms with Gasteiger partial charge in [-0.3, -0.25) is 10.3 Å². The van der Waals surface area contributed by atoms with Crippen molar-refractivity contribution in [1.29, 1.82) is 5.41 Å². The van der Waals surface area contributed by atoms with Crippen molar-refractivity contribution < 1.29 is 0 Å². The van der Waals surface area contributed by atoms with Gasteiger partial charge in [0.15, 0.2) is 5.84 Å². The molecule has 0 spiro atoms. The summed E-state index contributed by atoms with van der Waals surface area (Å²) >= 11 is 0. The Morgan fingerprint density at radius 3 is 2.08 bits per heavy atom. The predicted molar refractivity (Wildman–Crippen MR) is 99.7 cm³/mol. The summed E-state index contributed by atoms with van der Waals surface area (Å²) in [5.41, 5.74) is 1.88. The van der Waals surface area contributed by atoms with E-state index in [9.17, 15) is 0 Å². The lowest BCUT2D eigenvalue weighted by molar-refractivity contribution is 0.246. The highest BCUT2D eigenvalue weighted by molar-refractivity contribution is 6.10. The molecule has 2 aromatic rings. The molecule has 1 aliphatic rings. The van der Waals surface area contributed by atoms with Crippen molar-refractivity contribution in [3.63, 3.8) is 0 Å². The number of benzene rings is 2. The Labute approximate surface area is 144 Å². The first-order valence-electron chi connectivity index (χ1n) is 8.45. The lowest BCUT2D eigenvalue weighted by Crippen LogP contribution is -2.38. The highest BCUT2D eigenvalue weighted by atomic mass is 15.3. The smallest absolute Gasteiger partial charge is 0.154 e. The highest BCUT2D eigenvalue weighted by Crippen LogP contribution is 2.12. The number of amidine groups is 2. The van der Waals surface area contributed by atoms with Gasteiger partial charge in [-0.1, -0.05) is 60.7 Å². The van der Waals surface area contributed by atoms with E-state index in [4.69, 9.17) is 5.41 Å². The fraction of sp³-hybridized carbons (Fsp3) is 0.300. The van der Waals surface area contributed by atoms with Crippen molar-refractivity contribution in [2.45, 2.75) is 12.8 Å². The van der Waals surface area contributed by atoms with E-state index in [0.29, 0.717) is 5.84 Å². The van der Waals surface area contributed by atoms with E-state index in [1.807, 2.05) is 48.5 Å². The lowest BCUT2D eigenvalue weighted by atomic mass is 10.2. The van der Waals surface area contributed by atoms with Crippen LogP contribution in [0.5, 0.6) is 0 Å². The van der Waals surface area contributed by atoms with E-state index in [1.165, 1.54) is 12.8 Å². The average Bonchev–Trinajstić information content (AvgIpc) is 3.14. The zero-order chi connectivity index (χ0) is 16.8. The summed E-state index contributed by atoms with van der Waals surface area (Å²) in [7, 11) is 2.06. The van der Waals surface area contributed by atoms with Crippen LogP contribution in [0, 0.1) is 5.41 Å². The second-order valence-electron chi connectivity index (χ2n) is 6.18. The summed E-state index contributed by atoms with van der Waals surface area (Å²) in [5.74, 6) is 1.14. The van der Waals surface area contributed by atoms with Crippen molar-refractivity contribution >= 4 is 11.7 Å². The molecule has 24 heavy (non-hydrogen) atoms. The van der Waals surface area contributed by atoms with E-state index >= 15 is 0 Å². The summed E-state index contributed by atoms with van der Waals surface area (Å²) in [4.78, 5) is 9.24. The van der Waals surface area contributed by atoms with Crippen molar-refractivity contribution in [1.82, 2.24) is 9.80 Å². The third kappa shape index (κ3) is 4.09. The molecule has 1 saturated heterocycles. The molecule has 2 aromatic carbocycles. The molecule has 0 radical (unpaired) electrons. The highest BCUT2D eigenvalue weighted by Gasteiger charge is 2.17. The standard InChI is InChI=1S/C20H24N4/c1-23(16-24-14-8-9-15-24)20(18-12-6-3-7-13-18)22-19(21)17-10-4-2-5-11-17/h2-7,10-13,21H,8-9,14-16H2,1H3/b21-19?,22-20-. The normalized spacial score (nSPS) is 15.5. The van der Waals surface area contributed by atoms with Crippen molar-refractivity contribution in [2.24, 2.45) is 4.99 Å². The van der Waals surface area contributed by atoms with E-state index in [-0.39, 0.29) is 0 Å². The molecule has 1 fully saturated rings. The number of nitrogens with zero attached hydrogens (tertiary/aromatic N) is 3. The summed E-state index contributed by atoms with van der Waals surface area (Å²) in [5, 5.41) is 8.36. The summed E-state index contributed by atoms with van der Waals surface area (Å²) < 4.78 is 0. The first kappa shape index (κ1) is 16.4. The first-order chi connectivity index (χ1) is 11.7. The van der Waals surface area contributed by atoms with Crippen molar-refractivity contribution in [3.8, 4) is 0 Å². The van der Waals surface area contributed by atoms with Gasteiger partial charge < -0.3 is 4.90 Å². The quantitative estimate of drug-likeness (QED) is 0.692. The number of hydrogen-bond donors (Lipinski definition) is 1. The first-order valence-corrected chi connectivity index (χ1v) is 8.45. The fourth-order valence-electron chi connectivity index (χ4n) is 3.02. The van der Waals surface area contributed by atoms with Gasteiger partial charge in [0, 0.05) is 18.2 Å². The minimum atomic E-state index is 0.294. The second-order valence-corrected chi connectivity index (χ2v) is 6.18. The molecule has 3 rings (SSSR count). The molecular formula is C20H24N4. The molecule has 0 aliphatic carbocycles. The molecule has 0 aromatic heterocycles. The maximum Gasteiger partial charge on any atom is 0.154 e. The summed E-state index contributed by atoms with van der Waals surface area (Å²) in [6.07, 6.45) is 2.54. The van der Waals surface area contributed by atoms with E-state index < -0.39 is 0 Å². The monoisotopic (exact) mass is 320 g/mol. The Morgan fingerprint density at radius 2 is 1.50 bits per heavy atom. The van der Waals surface area contributed by atoms with Crippen LogP contribution in [0.15, 0.2) is 65.7 Å². The number of likely N-dealkylation sites (tertiary alicyclic amines) is 1. The van der Waals surface area contributed by atoms with Crippen molar-refractivity contribution in [2.75, 3.05) is 26.8 Å². The molecule has 4 heteroatoms. The molecular weight excluding hydrogens is 296 g/mol. The third-order valence-electron chi connectivity index (χ3n) is 4.27. The van der Waals surface area contributed by atoms with Crippen LogP contribution in [0.2, 0.25) is 0 Å². The van der Waals surface area contributed by atoms with Gasteiger partial charge >= 0.3 is 0 Å². The van der Waals surface area contributed by atoms with Gasteiger partial charge in [-0.2, -0.15) is 0 Å². The topological polar surface area (TPSA) is 42.7 Å². The molecule has 1 heterocycles. The van der Waals surface area contributed by atoms with Gasteiger partial charge in [-0.05, 0) is 25.9 Å². The average molecular weight is 320 g/mol. The largest absolute Gasteiger partial charge is 0.346 e. The van der Waals surface area contributed by atoms with Gasteiger partial charge in [0.1, 0.15) is 5.84 Å².